The van der Waals surface area contributed by atoms with Crippen LogP contribution in [0.2, 0.25) is 5.02 Å². The molecule has 0 unspecified atom stereocenters. The summed E-state index contributed by atoms with van der Waals surface area (Å²) in [6.45, 7) is 0.135. The fourth-order valence-corrected chi connectivity index (χ4v) is 4.07. The summed E-state index contributed by atoms with van der Waals surface area (Å²) in [6.07, 6.45) is 1.51. The largest absolute Gasteiger partial charge is 0.465 e. The van der Waals surface area contributed by atoms with E-state index in [-0.39, 0.29) is 36.2 Å². The predicted molar refractivity (Wildman–Crippen MR) is 131 cm³/mol. The number of anilines is 1. The molecule has 0 radical (unpaired) electrons. The van der Waals surface area contributed by atoms with Gasteiger partial charge in [-0.05, 0) is 72.0 Å². The Bertz CT molecular complexity index is 1260. The number of methoxy groups -OCH3 is 1. The van der Waals surface area contributed by atoms with E-state index in [2.05, 4.69) is 10.6 Å². The summed E-state index contributed by atoms with van der Waals surface area (Å²) < 4.78 is 17.9. The summed E-state index contributed by atoms with van der Waals surface area (Å²) in [5.74, 6) is -1.36. The number of halogens is 2. The van der Waals surface area contributed by atoms with Crippen molar-refractivity contribution in [3.63, 3.8) is 0 Å². The zero-order chi connectivity index (χ0) is 25.0. The van der Waals surface area contributed by atoms with Crippen LogP contribution in [0.4, 0.5) is 10.1 Å². The van der Waals surface area contributed by atoms with Gasteiger partial charge in [0.2, 0.25) is 11.8 Å². The third-order valence-corrected chi connectivity index (χ3v) is 6.27. The minimum Gasteiger partial charge on any atom is -0.465 e. The molecule has 1 saturated carbocycles. The number of amides is 2. The van der Waals surface area contributed by atoms with Crippen molar-refractivity contribution < 1.29 is 23.5 Å². The topological polar surface area (TPSA) is 84.5 Å². The van der Waals surface area contributed by atoms with Crippen molar-refractivity contribution in [2.75, 3.05) is 12.4 Å². The zero-order valence-corrected chi connectivity index (χ0v) is 19.8. The Morgan fingerprint density at radius 1 is 0.971 bits per heavy atom. The maximum Gasteiger partial charge on any atom is 0.337 e. The van der Waals surface area contributed by atoms with Crippen LogP contribution in [0.25, 0.3) is 0 Å². The molecule has 180 valence electrons. The lowest BCUT2D eigenvalue weighted by Gasteiger charge is -2.17. The number of benzene rings is 3. The van der Waals surface area contributed by atoms with Crippen LogP contribution in [0, 0.1) is 5.82 Å². The predicted octanol–water partition coefficient (Wildman–Crippen LogP) is 4.79. The first-order valence-corrected chi connectivity index (χ1v) is 11.5. The molecule has 0 saturated heterocycles. The van der Waals surface area contributed by atoms with E-state index in [0.29, 0.717) is 34.7 Å². The molecule has 0 aliphatic heterocycles. The first-order chi connectivity index (χ1) is 16.8. The molecule has 2 amide bonds. The lowest BCUT2D eigenvalue weighted by atomic mass is 9.95. The minimum atomic E-state index is -0.630. The van der Waals surface area contributed by atoms with Gasteiger partial charge in [-0.15, -0.1) is 0 Å². The van der Waals surface area contributed by atoms with Crippen LogP contribution in [-0.4, -0.2) is 24.9 Å². The smallest absolute Gasteiger partial charge is 0.337 e. The van der Waals surface area contributed by atoms with E-state index in [4.69, 9.17) is 16.3 Å². The van der Waals surface area contributed by atoms with Gasteiger partial charge in [0, 0.05) is 17.3 Å². The second-order valence-electron chi connectivity index (χ2n) is 8.53. The SMILES string of the molecule is COC(=O)c1cc(CNC(=O)Cc2ccc(F)cc2)cc(NC(=O)C2(c3ccc(Cl)cc3)CC2)c1. The summed E-state index contributed by atoms with van der Waals surface area (Å²) in [6, 6.07) is 17.8. The fraction of sp³-hybridized carbons (Fsp3) is 0.222. The first-order valence-electron chi connectivity index (χ1n) is 11.1. The summed E-state index contributed by atoms with van der Waals surface area (Å²) in [7, 11) is 1.28. The van der Waals surface area contributed by atoms with Gasteiger partial charge in [0.15, 0.2) is 0 Å². The number of ether oxygens (including phenoxy) is 1. The van der Waals surface area contributed by atoms with E-state index < -0.39 is 11.4 Å². The van der Waals surface area contributed by atoms with Crippen molar-refractivity contribution in [3.05, 3.63) is 99.8 Å². The van der Waals surface area contributed by atoms with E-state index in [0.717, 1.165) is 5.56 Å². The van der Waals surface area contributed by atoms with Crippen molar-refractivity contribution in [2.24, 2.45) is 0 Å². The van der Waals surface area contributed by atoms with E-state index >= 15 is 0 Å². The van der Waals surface area contributed by atoms with E-state index in [1.165, 1.54) is 19.2 Å². The molecule has 3 aromatic rings. The number of esters is 1. The van der Waals surface area contributed by atoms with Gasteiger partial charge < -0.3 is 15.4 Å². The second kappa shape index (κ2) is 10.3. The Hall–Kier alpha value is -3.71. The van der Waals surface area contributed by atoms with Crippen LogP contribution in [-0.2, 0) is 32.7 Å². The summed E-state index contributed by atoms with van der Waals surface area (Å²) >= 11 is 5.98. The fourth-order valence-electron chi connectivity index (χ4n) is 3.94. The van der Waals surface area contributed by atoms with Crippen LogP contribution in [0.15, 0.2) is 66.7 Å². The molecule has 1 aliphatic rings. The van der Waals surface area contributed by atoms with Gasteiger partial charge in [-0.2, -0.15) is 0 Å². The van der Waals surface area contributed by atoms with Gasteiger partial charge in [-0.3, -0.25) is 9.59 Å². The van der Waals surface area contributed by atoms with Gasteiger partial charge in [0.1, 0.15) is 5.82 Å². The highest BCUT2D eigenvalue weighted by molar-refractivity contribution is 6.30. The lowest BCUT2D eigenvalue weighted by Crippen LogP contribution is -2.28. The highest BCUT2D eigenvalue weighted by Gasteiger charge is 2.51. The van der Waals surface area contributed by atoms with Gasteiger partial charge in [-0.1, -0.05) is 35.9 Å². The van der Waals surface area contributed by atoms with Gasteiger partial charge in [0.25, 0.3) is 0 Å². The minimum absolute atomic E-state index is 0.0875. The van der Waals surface area contributed by atoms with Crippen molar-refractivity contribution >= 4 is 35.1 Å². The highest BCUT2D eigenvalue weighted by Crippen LogP contribution is 2.49. The maximum atomic E-state index is 13.2. The Morgan fingerprint density at radius 3 is 2.29 bits per heavy atom. The number of hydrogen-bond acceptors (Lipinski definition) is 4. The molecular weight excluding hydrogens is 471 g/mol. The molecule has 8 heteroatoms. The van der Waals surface area contributed by atoms with Gasteiger partial charge in [0.05, 0.1) is 24.5 Å². The number of carbonyl (C=O) groups is 3. The molecule has 0 atom stereocenters. The Kier molecular flexibility index (Phi) is 7.17. The Labute approximate surface area is 207 Å². The molecule has 0 heterocycles. The van der Waals surface area contributed by atoms with Crippen molar-refractivity contribution in [1.82, 2.24) is 5.32 Å². The zero-order valence-electron chi connectivity index (χ0n) is 19.1. The molecule has 6 nitrogen and oxygen atoms in total. The van der Waals surface area contributed by atoms with Crippen LogP contribution in [0.3, 0.4) is 0 Å². The Balaban J connectivity index is 1.48. The molecule has 35 heavy (non-hydrogen) atoms. The van der Waals surface area contributed by atoms with Crippen molar-refractivity contribution in [2.45, 2.75) is 31.2 Å². The van der Waals surface area contributed by atoms with E-state index in [1.807, 2.05) is 12.1 Å². The van der Waals surface area contributed by atoms with Crippen LogP contribution < -0.4 is 10.6 Å². The summed E-state index contributed by atoms with van der Waals surface area (Å²) in [4.78, 5) is 37.7. The average molecular weight is 495 g/mol. The number of hydrogen-bond donors (Lipinski definition) is 2. The first kappa shape index (κ1) is 24.4. The molecule has 1 aliphatic carbocycles. The molecule has 0 bridgehead atoms. The number of rotatable bonds is 8. The molecule has 1 fully saturated rings. The molecule has 4 rings (SSSR count). The third-order valence-electron chi connectivity index (χ3n) is 6.02. The number of nitrogens with one attached hydrogen (secondary N) is 2. The average Bonchev–Trinajstić information content (AvgIpc) is 3.66. The molecule has 2 N–H and O–H groups in total. The molecule has 0 spiro atoms. The van der Waals surface area contributed by atoms with Crippen LogP contribution >= 0.6 is 11.6 Å². The molecule has 3 aromatic carbocycles. The summed E-state index contributed by atoms with van der Waals surface area (Å²) in [5, 5.41) is 6.31. The lowest BCUT2D eigenvalue weighted by molar-refractivity contribution is -0.120. The van der Waals surface area contributed by atoms with Crippen molar-refractivity contribution in [1.29, 1.82) is 0 Å². The second-order valence-corrected chi connectivity index (χ2v) is 8.97. The van der Waals surface area contributed by atoms with E-state index in [1.54, 1.807) is 42.5 Å². The maximum absolute atomic E-state index is 13.2. The van der Waals surface area contributed by atoms with Crippen LogP contribution in [0.5, 0.6) is 0 Å². The van der Waals surface area contributed by atoms with Crippen LogP contribution in [0.1, 0.15) is 39.9 Å². The highest BCUT2D eigenvalue weighted by atomic mass is 35.5. The molecule has 0 aromatic heterocycles. The third kappa shape index (κ3) is 5.87. The van der Waals surface area contributed by atoms with Crippen molar-refractivity contribution in [3.8, 4) is 0 Å². The summed E-state index contributed by atoms with van der Waals surface area (Å²) in [5.41, 5.74) is 2.24. The molecular formula is C27H24ClFN2O4. The van der Waals surface area contributed by atoms with E-state index in [9.17, 15) is 18.8 Å². The Morgan fingerprint density at radius 2 is 1.66 bits per heavy atom. The standard InChI is InChI=1S/C27H24ClFN2O4/c1-35-25(33)19-12-18(16-30-24(32)14-17-2-8-22(29)9-3-17)13-23(15-19)31-26(34)27(10-11-27)20-4-6-21(28)7-5-20/h2-9,12-13,15H,10-11,14,16H2,1H3,(H,30,32)(H,31,34). The monoisotopic (exact) mass is 494 g/mol. The number of carbonyl (C=O) groups excluding carboxylic acids is 3. The van der Waals surface area contributed by atoms with Gasteiger partial charge >= 0.3 is 5.97 Å². The quantitative estimate of drug-likeness (QED) is 0.441. The normalized spacial score (nSPS) is 13.6. The van der Waals surface area contributed by atoms with Gasteiger partial charge in [-0.25, -0.2) is 9.18 Å².